The highest BCUT2D eigenvalue weighted by atomic mass is 17.3. The van der Waals surface area contributed by atoms with Gasteiger partial charge in [0.05, 0.1) is 6.61 Å². The molecule has 4 aliphatic heterocycles. The first-order chi connectivity index (χ1) is 11.8. The Balaban J connectivity index is 1.69. The summed E-state index contributed by atoms with van der Waals surface area (Å²) in [4.78, 5) is 12.0. The van der Waals surface area contributed by atoms with E-state index in [4.69, 9.17) is 29.7 Å². The van der Waals surface area contributed by atoms with Crippen LogP contribution in [-0.4, -0.2) is 36.6 Å². The lowest BCUT2D eigenvalue weighted by Gasteiger charge is -2.62. The Bertz CT molecular complexity index is 518. The molecule has 5 aliphatic rings. The third-order valence-corrected chi connectivity index (χ3v) is 7.28. The van der Waals surface area contributed by atoms with Crippen molar-refractivity contribution in [3.63, 3.8) is 0 Å². The van der Waals surface area contributed by atoms with E-state index in [1.807, 2.05) is 13.8 Å². The molecule has 1 saturated carbocycles. The molecule has 4 heterocycles. The quantitative estimate of drug-likeness (QED) is 0.617. The Kier molecular flexibility index (Phi) is 4.46. The summed E-state index contributed by atoms with van der Waals surface area (Å²) in [6.07, 6.45) is 4.53. The first-order valence-corrected chi connectivity index (χ1v) is 9.91. The summed E-state index contributed by atoms with van der Waals surface area (Å²) >= 11 is 0. The largest absolute Gasteiger partial charge is 0.350 e. The van der Waals surface area contributed by atoms with Gasteiger partial charge in [0.1, 0.15) is 0 Å². The van der Waals surface area contributed by atoms with Crippen LogP contribution in [0.4, 0.5) is 0 Å². The minimum absolute atomic E-state index is 0.186. The average molecular weight is 355 g/mol. The van der Waals surface area contributed by atoms with Crippen LogP contribution in [0.5, 0.6) is 0 Å². The molecule has 6 nitrogen and oxygen atoms in total. The van der Waals surface area contributed by atoms with Crippen molar-refractivity contribution in [3.8, 4) is 0 Å². The predicted molar refractivity (Wildman–Crippen MR) is 91.1 cm³/mol. The van der Waals surface area contributed by atoms with Crippen LogP contribution >= 0.6 is 0 Å². The van der Waals surface area contributed by atoms with Gasteiger partial charge in [0.25, 0.3) is 0 Å². The molecule has 0 amide bonds. The van der Waals surface area contributed by atoms with Crippen molar-refractivity contribution < 1.29 is 24.0 Å². The van der Waals surface area contributed by atoms with E-state index in [2.05, 4.69) is 13.8 Å². The molecular formula is C19H33NO5. The minimum Gasteiger partial charge on any atom is -0.350 e. The van der Waals surface area contributed by atoms with Gasteiger partial charge in [-0.25, -0.2) is 9.78 Å². The fourth-order valence-corrected chi connectivity index (χ4v) is 5.59. The number of ether oxygens (including phenoxy) is 3. The van der Waals surface area contributed by atoms with Gasteiger partial charge >= 0.3 is 0 Å². The van der Waals surface area contributed by atoms with E-state index in [1.165, 1.54) is 6.42 Å². The van der Waals surface area contributed by atoms with Gasteiger partial charge in [-0.1, -0.05) is 13.8 Å². The van der Waals surface area contributed by atoms with E-state index in [0.29, 0.717) is 25.0 Å². The van der Waals surface area contributed by atoms with Crippen molar-refractivity contribution in [2.45, 2.75) is 83.3 Å². The summed E-state index contributed by atoms with van der Waals surface area (Å²) in [6, 6.07) is 0. The first-order valence-electron chi connectivity index (χ1n) is 9.91. The maximum Gasteiger partial charge on any atom is 0.201 e. The Hall–Kier alpha value is -0.240. The molecule has 5 rings (SSSR count). The van der Waals surface area contributed by atoms with Crippen LogP contribution < -0.4 is 5.73 Å². The second-order valence-electron chi connectivity index (χ2n) is 8.82. The lowest BCUT2D eigenvalue weighted by Crippen LogP contribution is -2.72. The molecule has 5 fully saturated rings. The molecule has 1 spiro atoms. The summed E-state index contributed by atoms with van der Waals surface area (Å²) < 4.78 is 19.0. The Morgan fingerprint density at radius 1 is 1.04 bits per heavy atom. The maximum atomic E-state index is 6.50. The zero-order valence-electron chi connectivity index (χ0n) is 16.0. The molecule has 0 aromatic carbocycles. The summed E-state index contributed by atoms with van der Waals surface area (Å²) in [5.41, 5.74) is 5.10. The van der Waals surface area contributed by atoms with Gasteiger partial charge < -0.3 is 19.9 Å². The normalized spacial score (nSPS) is 54.8. The van der Waals surface area contributed by atoms with Crippen molar-refractivity contribution in [2.24, 2.45) is 29.4 Å². The van der Waals surface area contributed by atoms with Crippen LogP contribution in [0, 0.1) is 23.7 Å². The molecule has 25 heavy (non-hydrogen) atoms. The van der Waals surface area contributed by atoms with E-state index in [-0.39, 0.29) is 11.8 Å². The summed E-state index contributed by atoms with van der Waals surface area (Å²) in [7, 11) is 0. The molecule has 4 saturated heterocycles. The van der Waals surface area contributed by atoms with Gasteiger partial charge in [0.15, 0.2) is 17.7 Å². The van der Waals surface area contributed by atoms with Crippen LogP contribution in [-0.2, 0) is 24.0 Å². The first kappa shape index (κ1) is 18.1. The fourth-order valence-electron chi connectivity index (χ4n) is 5.59. The van der Waals surface area contributed by atoms with E-state index in [1.54, 1.807) is 0 Å². The number of hydrogen-bond acceptors (Lipinski definition) is 6. The van der Waals surface area contributed by atoms with Crippen LogP contribution in [0.2, 0.25) is 0 Å². The van der Waals surface area contributed by atoms with Gasteiger partial charge in [-0.15, -0.1) is 0 Å². The van der Waals surface area contributed by atoms with Gasteiger partial charge in [-0.05, 0) is 57.9 Å². The molecule has 2 bridgehead atoms. The lowest BCUT2D eigenvalue weighted by molar-refractivity contribution is -0.585. The molecule has 0 aromatic rings. The van der Waals surface area contributed by atoms with Crippen LogP contribution in [0.15, 0.2) is 0 Å². The maximum absolute atomic E-state index is 6.50. The highest BCUT2D eigenvalue weighted by Gasteiger charge is 2.71. The zero-order chi connectivity index (χ0) is 17.9. The van der Waals surface area contributed by atoms with E-state index >= 15 is 0 Å². The van der Waals surface area contributed by atoms with E-state index < -0.39 is 23.5 Å². The minimum atomic E-state index is -0.740. The summed E-state index contributed by atoms with van der Waals surface area (Å²) in [5.74, 6) is 0.00643. The van der Waals surface area contributed by atoms with Crippen molar-refractivity contribution in [1.29, 1.82) is 0 Å². The van der Waals surface area contributed by atoms with Gasteiger partial charge in [0, 0.05) is 18.3 Å². The molecule has 0 radical (unpaired) electrons. The van der Waals surface area contributed by atoms with Crippen LogP contribution in [0.3, 0.4) is 0 Å². The topological polar surface area (TPSA) is 72.2 Å². The molecule has 1 aliphatic carbocycles. The van der Waals surface area contributed by atoms with Crippen molar-refractivity contribution in [1.82, 2.24) is 0 Å². The highest BCUT2D eigenvalue weighted by Crippen LogP contribution is 2.62. The van der Waals surface area contributed by atoms with Gasteiger partial charge in [-0.3, -0.25) is 0 Å². The standard InChI is InChI=1S/C19H33NO5/c1-12-6-7-15-13(2)18(4,21-11-5-10-20)23-16-19(15)14(12)8-9-17(3,22-16)24-25-19/h12-16H,5-11,20H2,1-4H3/t12-,13-,14?,15+,16+,17-,18+,19?/m1/s1. The molecule has 8 atom stereocenters. The van der Waals surface area contributed by atoms with Crippen molar-refractivity contribution in [2.75, 3.05) is 13.2 Å². The number of rotatable bonds is 4. The Morgan fingerprint density at radius 2 is 1.84 bits per heavy atom. The van der Waals surface area contributed by atoms with Crippen LogP contribution in [0.25, 0.3) is 0 Å². The molecule has 0 aromatic heterocycles. The molecular weight excluding hydrogens is 322 g/mol. The number of fused-ring (bicyclic) bond motifs is 2. The molecule has 144 valence electrons. The van der Waals surface area contributed by atoms with Crippen LogP contribution in [0.1, 0.15) is 59.8 Å². The van der Waals surface area contributed by atoms with Gasteiger partial charge in [-0.2, -0.15) is 0 Å². The molecule has 2 unspecified atom stereocenters. The fraction of sp³-hybridized carbons (Fsp3) is 1.00. The van der Waals surface area contributed by atoms with Gasteiger partial charge in [0.2, 0.25) is 5.79 Å². The average Bonchev–Trinajstić information content (AvgIpc) is 2.79. The molecule has 6 heteroatoms. The Labute approximate surface area is 150 Å². The number of hydrogen-bond donors (Lipinski definition) is 1. The van der Waals surface area contributed by atoms with Crippen molar-refractivity contribution in [3.05, 3.63) is 0 Å². The SMILES string of the molecule is C[C@@H]1CC[C@H]2[C@@H](C)[C@@](C)(OCCCN)O[C@@H]3O[C@@]4(C)CCC1C32OO4. The third-order valence-electron chi connectivity index (χ3n) is 7.28. The Morgan fingerprint density at radius 3 is 2.60 bits per heavy atom. The second kappa shape index (κ2) is 6.14. The lowest BCUT2D eigenvalue weighted by atomic mass is 9.57. The molecule has 2 N–H and O–H groups in total. The summed E-state index contributed by atoms with van der Waals surface area (Å²) in [5, 5.41) is 0. The smallest absolute Gasteiger partial charge is 0.201 e. The third kappa shape index (κ3) is 2.60. The second-order valence-corrected chi connectivity index (χ2v) is 8.82. The highest BCUT2D eigenvalue weighted by molar-refractivity contribution is 5.10. The van der Waals surface area contributed by atoms with E-state index in [9.17, 15) is 0 Å². The monoisotopic (exact) mass is 355 g/mol. The zero-order valence-corrected chi connectivity index (χ0v) is 16.0. The summed E-state index contributed by atoms with van der Waals surface area (Å²) in [6.45, 7) is 9.75. The number of nitrogens with two attached hydrogens (primary N) is 1. The van der Waals surface area contributed by atoms with E-state index in [0.717, 1.165) is 25.7 Å². The predicted octanol–water partition coefficient (Wildman–Crippen LogP) is 2.95. The van der Waals surface area contributed by atoms with Crippen molar-refractivity contribution >= 4 is 0 Å².